The van der Waals surface area contributed by atoms with Crippen LogP contribution in [0.5, 0.6) is 11.5 Å². The minimum atomic E-state index is -0.246. The molecular weight excluding hydrogens is 522 g/mol. The van der Waals surface area contributed by atoms with Gasteiger partial charge in [0.2, 0.25) is 0 Å². The normalized spacial score (nSPS) is 13.5. The van der Waals surface area contributed by atoms with E-state index in [9.17, 15) is 9.59 Å². The first-order valence-corrected chi connectivity index (χ1v) is 13.8. The van der Waals surface area contributed by atoms with Gasteiger partial charge in [-0.25, -0.2) is 4.98 Å². The molecule has 0 saturated carbocycles. The lowest BCUT2D eigenvalue weighted by atomic mass is 10.1. The zero-order valence-corrected chi connectivity index (χ0v) is 22.8. The Morgan fingerprint density at radius 3 is 2.37 bits per heavy atom. The van der Waals surface area contributed by atoms with Crippen molar-refractivity contribution >= 4 is 40.2 Å². The van der Waals surface area contributed by atoms with E-state index in [1.165, 1.54) is 11.8 Å². The maximum Gasteiger partial charge on any atom is 0.266 e. The number of aromatic nitrogens is 2. The van der Waals surface area contributed by atoms with Crippen molar-refractivity contribution in [1.29, 1.82) is 0 Å². The standard InChI is InChI=1S/C29H28ClN3O4S/c1-36-22-15-21(16-23(17-22)37-2)33-28(35)24-11-10-19(27(34)32-12-6-3-7-13-32)14-26(24)31-29(33)38-18-20-8-4-5-9-25(20)30/h4-5,8-11,14-17H,3,6-7,12-13,18H2,1-2H3. The van der Waals surface area contributed by atoms with Gasteiger partial charge in [-0.3, -0.25) is 14.2 Å². The number of rotatable bonds is 7. The monoisotopic (exact) mass is 549 g/mol. The van der Waals surface area contributed by atoms with Crippen molar-refractivity contribution in [2.45, 2.75) is 30.2 Å². The summed E-state index contributed by atoms with van der Waals surface area (Å²) >= 11 is 7.80. The molecule has 7 nitrogen and oxygen atoms in total. The Kier molecular flexibility index (Phi) is 7.90. The Bertz CT molecular complexity index is 1530. The van der Waals surface area contributed by atoms with E-state index in [1.54, 1.807) is 55.2 Å². The second-order valence-corrected chi connectivity index (χ2v) is 10.4. The smallest absolute Gasteiger partial charge is 0.266 e. The molecule has 0 spiro atoms. The third-order valence-corrected chi connectivity index (χ3v) is 7.99. The number of hydrogen-bond acceptors (Lipinski definition) is 6. The van der Waals surface area contributed by atoms with E-state index in [0.717, 1.165) is 37.9 Å². The molecule has 9 heteroatoms. The average Bonchev–Trinajstić information content (AvgIpc) is 2.96. The van der Waals surface area contributed by atoms with E-state index in [4.69, 9.17) is 26.1 Å². The minimum absolute atomic E-state index is 0.0274. The lowest BCUT2D eigenvalue weighted by Crippen LogP contribution is -2.35. The number of fused-ring (bicyclic) bond motifs is 1. The van der Waals surface area contributed by atoms with Crippen molar-refractivity contribution in [2.24, 2.45) is 0 Å². The number of methoxy groups -OCH3 is 2. The molecule has 1 aliphatic heterocycles. The maximum atomic E-state index is 13.9. The minimum Gasteiger partial charge on any atom is -0.497 e. The molecule has 5 rings (SSSR count). The summed E-state index contributed by atoms with van der Waals surface area (Å²) < 4.78 is 12.5. The van der Waals surface area contributed by atoms with Crippen molar-refractivity contribution < 1.29 is 14.3 Å². The van der Waals surface area contributed by atoms with Gasteiger partial charge in [0.1, 0.15) is 11.5 Å². The van der Waals surface area contributed by atoms with Crippen LogP contribution in [0.3, 0.4) is 0 Å². The number of amides is 1. The van der Waals surface area contributed by atoms with E-state index in [2.05, 4.69) is 0 Å². The Hall–Kier alpha value is -3.49. The molecule has 2 heterocycles. The van der Waals surface area contributed by atoms with Gasteiger partial charge in [0.05, 0.1) is 30.8 Å². The van der Waals surface area contributed by atoms with Crippen LogP contribution >= 0.6 is 23.4 Å². The molecule has 3 aromatic carbocycles. The number of likely N-dealkylation sites (tertiary alicyclic amines) is 1. The van der Waals surface area contributed by atoms with Crippen LogP contribution < -0.4 is 15.0 Å². The predicted octanol–water partition coefficient (Wildman–Crippen LogP) is 5.97. The number of halogens is 1. The summed E-state index contributed by atoms with van der Waals surface area (Å²) in [6, 6.07) is 18.0. The molecule has 0 N–H and O–H groups in total. The van der Waals surface area contributed by atoms with Gasteiger partial charge in [0.15, 0.2) is 5.16 Å². The molecule has 1 aliphatic rings. The number of nitrogens with zero attached hydrogens (tertiary/aromatic N) is 3. The van der Waals surface area contributed by atoms with Crippen LogP contribution in [0.4, 0.5) is 0 Å². The van der Waals surface area contributed by atoms with Crippen LogP contribution in [0.25, 0.3) is 16.6 Å². The number of carbonyl (C=O) groups excluding carboxylic acids is 1. The molecule has 0 radical (unpaired) electrons. The molecule has 0 bridgehead atoms. The van der Waals surface area contributed by atoms with Crippen molar-refractivity contribution in [1.82, 2.24) is 14.5 Å². The number of hydrogen-bond donors (Lipinski definition) is 0. The van der Waals surface area contributed by atoms with Crippen LogP contribution in [-0.4, -0.2) is 47.7 Å². The molecule has 4 aromatic rings. The van der Waals surface area contributed by atoms with Gasteiger partial charge in [-0.2, -0.15) is 0 Å². The highest BCUT2D eigenvalue weighted by molar-refractivity contribution is 7.98. The lowest BCUT2D eigenvalue weighted by molar-refractivity contribution is 0.0724. The number of benzene rings is 3. The first-order chi connectivity index (χ1) is 18.5. The van der Waals surface area contributed by atoms with Crippen LogP contribution in [0.2, 0.25) is 5.02 Å². The molecule has 38 heavy (non-hydrogen) atoms. The summed E-state index contributed by atoms with van der Waals surface area (Å²) in [6.45, 7) is 1.50. The van der Waals surface area contributed by atoms with E-state index in [-0.39, 0.29) is 11.5 Å². The summed E-state index contributed by atoms with van der Waals surface area (Å²) in [7, 11) is 3.13. The van der Waals surface area contributed by atoms with E-state index >= 15 is 0 Å². The number of piperidine rings is 1. The summed E-state index contributed by atoms with van der Waals surface area (Å²) in [4.78, 5) is 33.8. The first kappa shape index (κ1) is 26.1. The molecule has 1 amide bonds. The highest BCUT2D eigenvalue weighted by atomic mass is 35.5. The second kappa shape index (κ2) is 11.5. The Morgan fingerprint density at radius 2 is 1.68 bits per heavy atom. The molecule has 0 unspecified atom stereocenters. The second-order valence-electron chi connectivity index (χ2n) is 9.07. The van der Waals surface area contributed by atoms with Gasteiger partial charge in [0, 0.05) is 47.6 Å². The molecular formula is C29H28ClN3O4S. The fourth-order valence-electron chi connectivity index (χ4n) is 4.58. The molecule has 1 fully saturated rings. The first-order valence-electron chi connectivity index (χ1n) is 12.4. The zero-order valence-electron chi connectivity index (χ0n) is 21.3. The maximum absolute atomic E-state index is 13.9. The third-order valence-electron chi connectivity index (χ3n) is 6.64. The van der Waals surface area contributed by atoms with Crippen molar-refractivity contribution in [3.05, 3.63) is 87.2 Å². The van der Waals surface area contributed by atoms with Gasteiger partial charge in [-0.05, 0) is 49.1 Å². The quantitative estimate of drug-likeness (QED) is 0.209. The van der Waals surface area contributed by atoms with Gasteiger partial charge in [0.25, 0.3) is 11.5 Å². The molecule has 0 aliphatic carbocycles. The van der Waals surface area contributed by atoms with Crippen LogP contribution in [-0.2, 0) is 5.75 Å². The molecule has 1 aromatic heterocycles. The van der Waals surface area contributed by atoms with Gasteiger partial charge in [-0.15, -0.1) is 0 Å². The van der Waals surface area contributed by atoms with Gasteiger partial charge < -0.3 is 14.4 Å². The average molecular weight is 550 g/mol. The lowest BCUT2D eigenvalue weighted by Gasteiger charge is -2.26. The number of carbonyl (C=O) groups is 1. The summed E-state index contributed by atoms with van der Waals surface area (Å²) in [5.74, 6) is 1.58. The zero-order chi connectivity index (χ0) is 26.6. The summed E-state index contributed by atoms with van der Waals surface area (Å²) in [6.07, 6.45) is 3.16. The van der Waals surface area contributed by atoms with Gasteiger partial charge in [-0.1, -0.05) is 41.6 Å². The largest absolute Gasteiger partial charge is 0.497 e. The van der Waals surface area contributed by atoms with E-state index in [1.807, 2.05) is 29.2 Å². The molecule has 1 saturated heterocycles. The van der Waals surface area contributed by atoms with Gasteiger partial charge >= 0.3 is 0 Å². The third kappa shape index (κ3) is 5.37. The van der Waals surface area contributed by atoms with Crippen molar-refractivity contribution in [3.63, 3.8) is 0 Å². The van der Waals surface area contributed by atoms with Crippen LogP contribution in [0.1, 0.15) is 35.2 Å². The summed E-state index contributed by atoms with van der Waals surface area (Å²) in [5.41, 5.74) is 2.26. The van der Waals surface area contributed by atoms with Crippen molar-refractivity contribution in [3.8, 4) is 17.2 Å². The predicted molar refractivity (Wildman–Crippen MR) is 151 cm³/mol. The highest BCUT2D eigenvalue weighted by Gasteiger charge is 2.21. The van der Waals surface area contributed by atoms with Crippen molar-refractivity contribution in [2.75, 3.05) is 27.3 Å². The van der Waals surface area contributed by atoms with E-state index in [0.29, 0.717) is 49.6 Å². The fraction of sp³-hybridized carbons (Fsp3) is 0.276. The highest BCUT2D eigenvalue weighted by Crippen LogP contribution is 2.31. The number of ether oxygens (including phenoxy) is 2. The fourth-order valence-corrected chi connectivity index (χ4v) is 5.88. The van der Waals surface area contributed by atoms with E-state index < -0.39 is 0 Å². The molecule has 196 valence electrons. The van der Waals surface area contributed by atoms with Crippen LogP contribution in [0, 0.1) is 0 Å². The SMILES string of the molecule is COc1cc(OC)cc(-n2c(SCc3ccccc3Cl)nc3cc(C(=O)N4CCCCC4)ccc3c2=O)c1. The molecule has 0 atom stereocenters. The Labute approximate surface area is 230 Å². The Morgan fingerprint density at radius 1 is 0.974 bits per heavy atom. The Balaban J connectivity index is 1.63. The summed E-state index contributed by atoms with van der Waals surface area (Å²) in [5, 5.41) is 1.54. The number of thioether (sulfide) groups is 1. The van der Waals surface area contributed by atoms with Crippen LogP contribution in [0.15, 0.2) is 70.6 Å². The topological polar surface area (TPSA) is 73.7 Å².